The van der Waals surface area contributed by atoms with Gasteiger partial charge in [-0.2, -0.15) is 0 Å². The standard InChI is InChI=1S/C9H13BrN2O/c1-13-9-3-2-6(4-7(9)10)8(12)5-11/h2-4,8H,5,11-12H2,1H3/t8-/m1/s1. The number of rotatable bonds is 3. The quantitative estimate of drug-likeness (QED) is 0.846. The third kappa shape index (κ3) is 2.43. The van der Waals surface area contributed by atoms with E-state index in [4.69, 9.17) is 16.2 Å². The fourth-order valence-electron chi connectivity index (χ4n) is 1.05. The molecule has 1 atom stereocenters. The maximum atomic E-state index is 5.77. The Morgan fingerprint density at radius 3 is 2.69 bits per heavy atom. The molecule has 0 amide bonds. The molecule has 0 aliphatic rings. The van der Waals surface area contributed by atoms with Crippen LogP contribution in [0.25, 0.3) is 0 Å². The van der Waals surface area contributed by atoms with Crippen LogP contribution in [0, 0.1) is 0 Å². The molecule has 0 aliphatic carbocycles. The fourth-order valence-corrected chi connectivity index (χ4v) is 1.61. The maximum absolute atomic E-state index is 5.77. The molecule has 0 saturated heterocycles. The third-order valence-corrected chi connectivity index (χ3v) is 2.48. The summed E-state index contributed by atoms with van der Waals surface area (Å²) in [5.74, 6) is 0.799. The molecule has 0 unspecified atom stereocenters. The van der Waals surface area contributed by atoms with Crippen molar-refractivity contribution in [3.8, 4) is 5.75 Å². The van der Waals surface area contributed by atoms with E-state index in [2.05, 4.69) is 15.9 Å². The molecule has 0 heterocycles. The highest BCUT2D eigenvalue weighted by molar-refractivity contribution is 9.10. The summed E-state index contributed by atoms with van der Waals surface area (Å²) >= 11 is 3.38. The molecule has 0 bridgehead atoms. The molecule has 4 N–H and O–H groups in total. The van der Waals surface area contributed by atoms with Crippen molar-refractivity contribution in [2.24, 2.45) is 11.5 Å². The van der Waals surface area contributed by atoms with Crippen LogP contribution in [0.3, 0.4) is 0 Å². The Bertz CT molecular complexity index is 291. The van der Waals surface area contributed by atoms with Gasteiger partial charge in [-0.05, 0) is 33.6 Å². The summed E-state index contributed by atoms with van der Waals surface area (Å²) in [6, 6.07) is 5.61. The van der Waals surface area contributed by atoms with Gasteiger partial charge in [0.15, 0.2) is 0 Å². The highest BCUT2D eigenvalue weighted by Crippen LogP contribution is 2.27. The van der Waals surface area contributed by atoms with E-state index in [9.17, 15) is 0 Å². The van der Waals surface area contributed by atoms with Gasteiger partial charge >= 0.3 is 0 Å². The number of hydrogen-bond acceptors (Lipinski definition) is 3. The predicted octanol–water partition coefficient (Wildman–Crippen LogP) is 1.42. The minimum Gasteiger partial charge on any atom is -0.496 e. The van der Waals surface area contributed by atoms with Crippen LogP contribution in [0.4, 0.5) is 0 Å². The fraction of sp³-hybridized carbons (Fsp3) is 0.333. The Balaban J connectivity index is 2.95. The van der Waals surface area contributed by atoms with Gasteiger partial charge in [0, 0.05) is 12.6 Å². The molecule has 13 heavy (non-hydrogen) atoms. The van der Waals surface area contributed by atoms with E-state index < -0.39 is 0 Å². The van der Waals surface area contributed by atoms with Gasteiger partial charge in [0.25, 0.3) is 0 Å². The smallest absolute Gasteiger partial charge is 0.133 e. The normalized spacial score (nSPS) is 12.6. The Labute approximate surface area is 86.2 Å². The van der Waals surface area contributed by atoms with E-state index >= 15 is 0 Å². The number of halogens is 1. The van der Waals surface area contributed by atoms with Crippen molar-refractivity contribution in [2.45, 2.75) is 6.04 Å². The van der Waals surface area contributed by atoms with Crippen molar-refractivity contribution in [3.05, 3.63) is 28.2 Å². The molecule has 0 spiro atoms. The Morgan fingerprint density at radius 2 is 2.23 bits per heavy atom. The van der Waals surface area contributed by atoms with Gasteiger partial charge < -0.3 is 16.2 Å². The zero-order valence-corrected chi connectivity index (χ0v) is 9.04. The third-order valence-electron chi connectivity index (χ3n) is 1.86. The van der Waals surface area contributed by atoms with E-state index in [0.29, 0.717) is 6.54 Å². The van der Waals surface area contributed by atoms with Crippen LogP contribution in [-0.4, -0.2) is 13.7 Å². The van der Waals surface area contributed by atoms with Crippen LogP contribution < -0.4 is 16.2 Å². The van der Waals surface area contributed by atoms with E-state index in [1.54, 1.807) is 7.11 Å². The van der Waals surface area contributed by atoms with Gasteiger partial charge in [0.1, 0.15) is 5.75 Å². The van der Waals surface area contributed by atoms with Gasteiger partial charge in [-0.3, -0.25) is 0 Å². The minimum atomic E-state index is -0.109. The minimum absolute atomic E-state index is 0.109. The lowest BCUT2D eigenvalue weighted by Gasteiger charge is -2.11. The molecule has 0 fully saturated rings. The van der Waals surface area contributed by atoms with Gasteiger partial charge in [-0.25, -0.2) is 0 Å². The van der Waals surface area contributed by atoms with Crippen LogP contribution in [-0.2, 0) is 0 Å². The number of nitrogens with two attached hydrogens (primary N) is 2. The molecular formula is C9H13BrN2O. The second-order valence-electron chi connectivity index (χ2n) is 2.74. The summed E-state index contributed by atoms with van der Waals surface area (Å²) in [4.78, 5) is 0. The first-order chi connectivity index (χ1) is 6.19. The predicted molar refractivity (Wildman–Crippen MR) is 56.7 cm³/mol. The molecule has 4 heteroatoms. The average molecular weight is 245 g/mol. The number of ether oxygens (including phenoxy) is 1. The summed E-state index contributed by atoms with van der Waals surface area (Å²) in [6.45, 7) is 0.443. The zero-order chi connectivity index (χ0) is 9.84. The Kier molecular flexibility index (Phi) is 3.71. The first-order valence-corrected chi connectivity index (χ1v) is 4.77. The Hall–Kier alpha value is -0.580. The van der Waals surface area contributed by atoms with Gasteiger partial charge in [0.05, 0.1) is 11.6 Å². The van der Waals surface area contributed by atoms with E-state index in [-0.39, 0.29) is 6.04 Å². The van der Waals surface area contributed by atoms with E-state index in [1.807, 2.05) is 18.2 Å². The van der Waals surface area contributed by atoms with Crippen LogP contribution in [0.15, 0.2) is 22.7 Å². The Morgan fingerprint density at radius 1 is 1.54 bits per heavy atom. The summed E-state index contributed by atoms with van der Waals surface area (Å²) < 4.78 is 5.99. The molecule has 3 nitrogen and oxygen atoms in total. The molecule has 0 radical (unpaired) electrons. The van der Waals surface area contributed by atoms with Crippen LogP contribution in [0.1, 0.15) is 11.6 Å². The highest BCUT2D eigenvalue weighted by Gasteiger charge is 2.06. The second-order valence-corrected chi connectivity index (χ2v) is 3.59. The summed E-state index contributed by atoms with van der Waals surface area (Å²) in [5, 5.41) is 0. The molecule has 72 valence electrons. The molecule has 0 aromatic heterocycles. The van der Waals surface area contributed by atoms with E-state index in [1.165, 1.54) is 0 Å². The van der Waals surface area contributed by atoms with Crippen molar-refractivity contribution in [1.82, 2.24) is 0 Å². The van der Waals surface area contributed by atoms with Crippen LogP contribution >= 0.6 is 15.9 Å². The van der Waals surface area contributed by atoms with Crippen molar-refractivity contribution in [2.75, 3.05) is 13.7 Å². The van der Waals surface area contributed by atoms with Gasteiger partial charge in [0.2, 0.25) is 0 Å². The van der Waals surface area contributed by atoms with Crippen LogP contribution in [0.2, 0.25) is 0 Å². The first-order valence-electron chi connectivity index (χ1n) is 3.98. The summed E-state index contributed by atoms with van der Waals surface area (Å²) in [6.07, 6.45) is 0. The lowest BCUT2D eigenvalue weighted by Crippen LogP contribution is -2.20. The van der Waals surface area contributed by atoms with Crippen molar-refractivity contribution in [1.29, 1.82) is 0 Å². The lowest BCUT2D eigenvalue weighted by molar-refractivity contribution is 0.412. The summed E-state index contributed by atoms with van der Waals surface area (Å²) in [7, 11) is 1.63. The number of benzene rings is 1. The maximum Gasteiger partial charge on any atom is 0.133 e. The van der Waals surface area contributed by atoms with Crippen molar-refractivity contribution < 1.29 is 4.74 Å². The van der Waals surface area contributed by atoms with Crippen molar-refractivity contribution in [3.63, 3.8) is 0 Å². The molecule has 1 rings (SSSR count). The summed E-state index contributed by atoms with van der Waals surface area (Å²) in [5.41, 5.74) is 12.2. The molecular weight excluding hydrogens is 232 g/mol. The first kappa shape index (κ1) is 10.5. The lowest BCUT2D eigenvalue weighted by atomic mass is 10.1. The highest BCUT2D eigenvalue weighted by atomic mass is 79.9. The number of methoxy groups -OCH3 is 1. The molecule has 0 saturated carbocycles. The van der Waals surface area contributed by atoms with Crippen molar-refractivity contribution >= 4 is 15.9 Å². The molecule has 0 aliphatic heterocycles. The SMILES string of the molecule is COc1ccc([C@H](N)CN)cc1Br. The molecule has 1 aromatic rings. The van der Waals surface area contributed by atoms with Gasteiger partial charge in [-0.1, -0.05) is 6.07 Å². The van der Waals surface area contributed by atoms with Gasteiger partial charge in [-0.15, -0.1) is 0 Å². The topological polar surface area (TPSA) is 61.3 Å². The van der Waals surface area contributed by atoms with Crippen LogP contribution in [0.5, 0.6) is 5.75 Å². The monoisotopic (exact) mass is 244 g/mol. The average Bonchev–Trinajstić information content (AvgIpc) is 2.16. The number of hydrogen-bond donors (Lipinski definition) is 2. The molecule has 1 aromatic carbocycles. The second kappa shape index (κ2) is 4.60. The van der Waals surface area contributed by atoms with E-state index in [0.717, 1.165) is 15.8 Å². The largest absolute Gasteiger partial charge is 0.496 e. The zero-order valence-electron chi connectivity index (χ0n) is 7.46.